The van der Waals surface area contributed by atoms with Gasteiger partial charge in [0.05, 0.1) is 6.10 Å². The fraction of sp³-hybridized carbons (Fsp3) is 1.00. The number of hydrogen-bond donors (Lipinski definition) is 0. The van der Waals surface area contributed by atoms with Crippen LogP contribution in [-0.4, -0.2) is 42.3 Å². The fourth-order valence-corrected chi connectivity index (χ4v) is 2.89. The summed E-state index contributed by atoms with van der Waals surface area (Å²) in [5.41, 5.74) is 0. The number of rotatable bonds is 0. The van der Waals surface area contributed by atoms with Crippen LogP contribution >= 0.6 is 0 Å². The molecule has 3 rings (SSSR count). The predicted molar refractivity (Wildman–Crippen MR) is 58.2 cm³/mol. The van der Waals surface area contributed by atoms with E-state index in [1.165, 1.54) is 0 Å². The second-order valence-electron chi connectivity index (χ2n) is 5.87. The molecule has 98 valence electrons. The van der Waals surface area contributed by atoms with Crippen LogP contribution in [0.3, 0.4) is 0 Å². The first-order valence-electron chi connectivity index (χ1n) is 6.14. The summed E-state index contributed by atoms with van der Waals surface area (Å²) in [4.78, 5) is 0. The smallest absolute Gasteiger partial charge is 0.190 e. The average molecular weight is 244 g/mol. The zero-order chi connectivity index (χ0) is 12.4. The summed E-state index contributed by atoms with van der Waals surface area (Å²) < 4.78 is 29.1. The Bertz CT molecular complexity index is 327. The van der Waals surface area contributed by atoms with Crippen molar-refractivity contribution in [1.82, 2.24) is 0 Å². The third-order valence-corrected chi connectivity index (χ3v) is 3.38. The first-order valence-corrected chi connectivity index (χ1v) is 6.14. The molecule has 0 radical (unpaired) electrons. The average Bonchev–Trinajstić information content (AvgIpc) is 2.58. The zero-order valence-electron chi connectivity index (χ0n) is 10.9. The maximum atomic E-state index is 5.92. The standard InChI is InChI=1S/C12H20O5/c1-6-7-8(15-11(2,3)14-6)9-10(13-7)17-12(4,5)16-9/h6-10H,1-5H3/t6-,7+,8-,9+,10+/m0/s1. The highest BCUT2D eigenvalue weighted by Gasteiger charge is 2.60. The van der Waals surface area contributed by atoms with Gasteiger partial charge >= 0.3 is 0 Å². The fourth-order valence-electron chi connectivity index (χ4n) is 2.89. The molecule has 3 saturated heterocycles. The normalized spacial score (nSPS) is 51.0. The van der Waals surface area contributed by atoms with Crippen LogP contribution in [0.4, 0.5) is 0 Å². The molecule has 3 heterocycles. The summed E-state index contributed by atoms with van der Waals surface area (Å²) in [6.07, 6.45) is -0.778. The Balaban J connectivity index is 1.82. The Hall–Kier alpha value is -0.200. The third-order valence-electron chi connectivity index (χ3n) is 3.38. The largest absolute Gasteiger partial charge is 0.345 e. The lowest BCUT2D eigenvalue weighted by Crippen LogP contribution is -2.54. The molecule has 0 aliphatic carbocycles. The van der Waals surface area contributed by atoms with Gasteiger partial charge in [-0.15, -0.1) is 0 Å². The highest BCUT2D eigenvalue weighted by atomic mass is 16.9. The minimum atomic E-state index is -0.602. The van der Waals surface area contributed by atoms with Crippen LogP contribution in [0.15, 0.2) is 0 Å². The molecule has 5 nitrogen and oxygen atoms in total. The van der Waals surface area contributed by atoms with Crippen molar-refractivity contribution in [2.45, 2.75) is 76.9 Å². The van der Waals surface area contributed by atoms with Gasteiger partial charge in [-0.2, -0.15) is 0 Å². The molecule has 3 aliphatic rings. The van der Waals surface area contributed by atoms with Crippen LogP contribution in [0.5, 0.6) is 0 Å². The molecular formula is C12H20O5. The molecule has 17 heavy (non-hydrogen) atoms. The van der Waals surface area contributed by atoms with Crippen molar-refractivity contribution in [2.24, 2.45) is 0 Å². The van der Waals surface area contributed by atoms with E-state index in [-0.39, 0.29) is 30.7 Å². The maximum Gasteiger partial charge on any atom is 0.190 e. The lowest BCUT2D eigenvalue weighted by atomic mass is 10.0. The lowest BCUT2D eigenvalue weighted by Gasteiger charge is -2.42. The van der Waals surface area contributed by atoms with Gasteiger partial charge in [-0.3, -0.25) is 0 Å². The zero-order valence-corrected chi connectivity index (χ0v) is 10.9. The van der Waals surface area contributed by atoms with Crippen LogP contribution in [0, 0.1) is 0 Å². The SMILES string of the molecule is C[C@@H]1OC(C)(C)O[C@@H]2[C@H]3OC(C)(C)O[C@H]3O[C@@H]21. The number of ether oxygens (including phenoxy) is 5. The van der Waals surface area contributed by atoms with Gasteiger partial charge in [0.2, 0.25) is 0 Å². The minimum Gasteiger partial charge on any atom is -0.345 e. The molecule has 0 bridgehead atoms. The van der Waals surface area contributed by atoms with Crippen LogP contribution < -0.4 is 0 Å². The molecule has 0 saturated carbocycles. The topological polar surface area (TPSA) is 46.2 Å². The van der Waals surface area contributed by atoms with Gasteiger partial charge in [-0.25, -0.2) is 0 Å². The van der Waals surface area contributed by atoms with E-state index >= 15 is 0 Å². The van der Waals surface area contributed by atoms with Crippen LogP contribution in [0.25, 0.3) is 0 Å². The Kier molecular flexibility index (Phi) is 2.39. The van der Waals surface area contributed by atoms with Gasteiger partial charge in [-0.05, 0) is 34.6 Å². The van der Waals surface area contributed by atoms with Crippen molar-refractivity contribution >= 4 is 0 Å². The summed E-state index contributed by atoms with van der Waals surface area (Å²) in [5, 5.41) is 0. The Morgan fingerprint density at radius 2 is 1.29 bits per heavy atom. The van der Waals surface area contributed by atoms with Gasteiger partial charge in [0.25, 0.3) is 0 Å². The third kappa shape index (κ3) is 1.90. The van der Waals surface area contributed by atoms with Crippen molar-refractivity contribution in [3.63, 3.8) is 0 Å². The number of fused-ring (bicyclic) bond motifs is 3. The molecule has 0 spiro atoms. The molecule has 0 aromatic rings. The quantitative estimate of drug-likeness (QED) is 0.644. The Morgan fingerprint density at radius 1 is 0.706 bits per heavy atom. The summed E-state index contributed by atoms with van der Waals surface area (Å²) in [5.74, 6) is -1.20. The molecule has 0 aromatic carbocycles. The minimum absolute atomic E-state index is 0.0235. The van der Waals surface area contributed by atoms with Crippen molar-refractivity contribution in [3.05, 3.63) is 0 Å². The van der Waals surface area contributed by atoms with Gasteiger partial charge in [0, 0.05) is 0 Å². The van der Waals surface area contributed by atoms with Gasteiger partial charge in [0.1, 0.15) is 18.3 Å². The van der Waals surface area contributed by atoms with Crippen LogP contribution in [0.1, 0.15) is 34.6 Å². The molecule has 0 amide bonds. The van der Waals surface area contributed by atoms with Crippen LogP contribution in [-0.2, 0) is 23.7 Å². The molecule has 3 fully saturated rings. The summed E-state index contributed by atoms with van der Waals surface area (Å²) in [7, 11) is 0. The van der Waals surface area contributed by atoms with E-state index in [1.807, 2.05) is 34.6 Å². The van der Waals surface area contributed by atoms with E-state index in [2.05, 4.69) is 0 Å². The van der Waals surface area contributed by atoms with Crippen molar-refractivity contribution in [3.8, 4) is 0 Å². The van der Waals surface area contributed by atoms with Crippen molar-refractivity contribution < 1.29 is 23.7 Å². The van der Waals surface area contributed by atoms with Gasteiger partial charge in [-0.1, -0.05) is 0 Å². The first-order chi connectivity index (χ1) is 7.77. The van der Waals surface area contributed by atoms with Gasteiger partial charge in [0.15, 0.2) is 17.9 Å². The predicted octanol–water partition coefficient (Wildman–Crippen LogP) is 1.40. The van der Waals surface area contributed by atoms with Crippen molar-refractivity contribution in [2.75, 3.05) is 0 Å². The monoisotopic (exact) mass is 244 g/mol. The Labute approximate surface area is 101 Å². The Morgan fingerprint density at radius 3 is 2.00 bits per heavy atom. The molecular weight excluding hydrogens is 224 g/mol. The second kappa shape index (κ2) is 3.42. The molecule has 0 aromatic heterocycles. The van der Waals surface area contributed by atoms with E-state index in [0.29, 0.717) is 0 Å². The van der Waals surface area contributed by atoms with E-state index in [1.54, 1.807) is 0 Å². The highest BCUT2D eigenvalue weighted by Crippen LogP contribution is 2.44. The second-order valence-corrected chi connectivity index (χ2v) is 5.87. The van der Waals surface area contributed by atoms with Crippen molar-refractivity contribution in [1.29, 1.82) is 0 Å². The molecule has 5 atom stereocenters. The summed E-state index contributed by atoms with van der Waals surface area (Å²) in [6, 6.07) is 0. The molecule has 3 aliphatic heterocycles. The summed E-state index contributed by atoms with van der Waals surface area (Å²) in [6.45, 7) is 9.59. The van der Waals surface area contributed by atoms with E-state index in [0.717, 1.165) is 0 Å². The van der Waals surface area contributed by atoms with Gasteiger partial charge < -0.3 is 23.7 Å². The first kappa shape index (κ1) is 11.9. The number of hydrogen-bond acceptors (Lipinski definition) is 5. The lowest BCUT2D eigenvalue weighted by molar-refractivity contribution is -0.340. The van der Waals surface area contributed by atoms with E-state index in [9.17, 15) is 0 Å². The summed E-state index contributed by atoms with van der Waals surface area (Å²) >= 11 is 0. The van der Waals surface area contributed by atoms with E-state index in [4.69, 9.17) is 23.7 Å². The molecule has 0 unspecified atom stereocenters. The maximum absolute atomic E-state index is 5.92. The van der Waals surface area contributed by atoms with E-state index < -0.39 is 11.6 Å². The molecule has 0 N–H and O–H groups in total. The highest BCUT2D eigenvalue weighted by molar-refractivity contribution is 4.99. The van der Waals surface area contributed by atoms with Crippen LogP contribution in [0.2, 0.25) is 0 Å². The molecule has 5 heteroatoms.